The van der Waals surface area contributed by atoms with Crippen molar-refractivity contribution in [3.8, 4) is 0 Å². The van der Waals surface area contributed by atoms with E-state index in [0.29, 0.717) is 50.4 Å². The molecule has 172 valence electrons. The molecule has 1 aromatic rings. The quantitative estimate of drug-likeness (QED) is 0.631. The molecule has 0 atom stereocenters. The Morgan fingerprint density at radius 2 is 1.90 bits per heavy atom. The highest BCUT2D eigenvalue weighted by Crippen LogP contribution is 2.27. The standard InChI is InChI=1S/C21H30FN3O5S/c1-15(2)29-21(26)24-12-9-16(10-13-24)30-23-20-6-4-5-11-25(20)19-8-7-17(14-18(19)22)31(3,27)28/h7-8,14-16H,4-6,9-13H2,1-3H3. The van der Waals surface area contributed by atoms with Crippen LogP contribution in [0.2, 0.25) is 0 Å². The number of rotatable bonds is 5. The number of carbonyl (C=O) groups excluding carboxylic acids is 1. The number of halogens is 1. The van der Waals surface area contributed by atoms with Crippen LogP contribution in [0, 0.1) is 5.82 Å². The molecule has 2 aliphatic rings. The molecular formula is C21H30FN3O5S. The molecule has 2 aliphatic heterocycles. The first-order valence-electron chi connectivity index (χ1n) is 10.6. The number of hydrogen-bond donors (Lipinski definition) is 0. The van der Waals surface area contributed by atoms with E-state index in [1.54, 1.807) is 9.80 Å². The van der Waals surface area contributed by atoms with Gasteiger partial charge in [-0.1, -0.05) is 5.16 Å². The van der Waals surface area contributed by atoms with Gasteiger partial charge in [0, 0.05) is 45.2 Å². The second kappa shape index (κ2) is 9.84. The number of amides is 1. The molecule has 2 fully saturated rings. The van der Waals surface area contributed by atoms with Crippen LogP contribution >= 0.6 is 0 Å². The summed E-state index contributed by atoms with van der Waals surface area (Å²) in [7, 11) is -3.48. The van der Waals surface area contributed by atoms with Crippen LogP contribution in [0.1, 0.15) is 46.0 Å². The lowest BCUT2D eigenvalue weighted by atomic mass is 10.1. The molecule has 0 bridgehead atoms. The summed E-state index contributed by atoms with van der Waals surface area (Å²) in [5.41, 5.74) is 0.292. The highest BCUT2D eigenvalue weighted by Gasteiger charge is 2.27. The van der Waals surface area contributed by atoms with Gasteiger partial charge in [-0.2, -0.15) is 0 Å². The number of benzene rings is 1. The maximum absolute atomic E-state index is 14.7. The molecule has 0 aromatic heterocycles. The zero-order valence-electron chi connectivity index (χ0n) is 18.2. The maximum atomic E-state index is 14.7. The van der Waals surface area contributed by atoms with Crippen LogP contribution in [0.5, 0.6) is 0 Å². The fourth-order valence-corrected chi connectivity index (χ4v) is 4.30. The Bertz CT molecular complexity index is 927. The first-order valence-corrected chi connectivity index (χ1v) is 12.5. The fourth-order valence-electron chi connectivity index (χ4n) is 3.66. The van der Waals surface area contributed by atoms with Crippen molar-refractivity contribution in [2.75, 3.05) is 30.8 Å². The maximum Gasteiger partial charge on any atom is 0.410 e. The van der Waals surface area contributed by atoms with Crippen LogP contribution < -0.4 is 4.90 Å². The van der Waals surface area contributed by atoms with E-state index in [0.717, 1.165) is 25.2 Å². The second-order valence-corrected chi connectivity index (χ2v) is 10.2. The number of amidine groups is 1. The smallest absolute Gasteiger partial charge is 0.410 e. The monoisotopic (exact) mass is 455 g/mol. The molecule has 3 rings (SSSR count). The van der Waals surface area contributed by atoms with Crippen LogP contribution in [0.15, 0.2) is 28.3 Å². The van der Waals surface area contributed by atoms with Gasteiger partial charge in [0.05, 0.1) is 16.7 Å². The van der Waals surface area contributed by atoms with E-state index in [2.05, 4.69) is 5.16 Å². The van der Waals surface area contributed by atoms with Gasteiger partial charge in [0.25, 0.3) is 0 Å². The number of oxime groups is 1. The molecule has 0 N–H and O–H groups in total. The molecule has 10 heteroatoms. The molecule has 1 amide bonds. The molecule has 31 heavy (non-hydrogen) atoms. The van der Waals surface area contributed by atoms with E-state index < -0.39 is 15.7 Å². The van der Waals surface area contributed by atoms with E-state index in [1.165, 1.54) is 12.1 Å². The normalized spacial score (nSPS) is 19.7. The number of hydrogen-bond acceptors (Lipinski definition) is 6. The van der Waals surface area contributed by atoms with Crippen molar-refractivity contribution >= 4 is 27.5 Å². The number of piperidine rings is 2. The first-order chi connectivity index (χ1) is 14.6. The second-order valence-electron chi connectivity index (χ2n) is 8.23. The summed E-state index contributed by atoms with van der Waals surface area (Å²) in [6, 6.07) is 3.93. The average Bonchev–Trinajstić information content (AvgIpc) is 2.72. The number of nitrogens with zero attached hydrogens (tertiary/aromatic N) is 3. The molecule has 0 saturated carbocycles. The molecule has 0 radical (unpaired) electrons. The van der Waals surface area contributed by atoms with E-state index >= 15 is 0 Å². The van der Waals surface area contributed by atoms with Crippen molar-refractivity contribution in [2.24, 2.45) is 5.16 Å². The minimum absolute atomic E-state index is 0.0525. The Labute approximate surface area is 182 Å². The highest BCUT2D eigenvalue weighted by molar-refractivity contribution is 7.90. The number of carbonyl (C=O) groups is 1. The van der Waals surface area contributed by atoms with Crippen molar-refractivity contribution in [1.82, 2.24) is 4.90 Å². The predicted molar refractivity (Wildman–Crippen MR) is 115 cm³/mol. The fraction of sp³-hybridized carbons (Fsp3) is 0.619. The molecule has 2 saturated heterocycles. The van der Waals surface area contributed by atoms with E-state index in [9.17, 15) is 17.6 Å². The van der Waals surface area contributed by atoms with Crippen molar-refractivity contribution in [3.05, 3.63) is 24.0 Å². The molecule has 0 aliphatic carbocycles. The third-order valence-electron chi connectivity index (χ3n) is 5.33. The average molecular weight is 456 g/mol. The Hall–Kier alpha value is -2.36. The number of sulfone groups is 1. The zero-order chi connectivity index (χ0) is 22.6. The molecular weight excluding hydrogens is 425 g/mol. The summed E-state index contributed by atoms with van der Waals surface area (Å²) in [5.74, 6) is 0.0217. The van der Waals surface area contributed by atoms with E-state index in [4.69, 9.17) is 9.57 Å². The third-order valence-corrected chi connectivity index (χ3v) is 6.44. The summed E-state index contributed by atoms with van der Waals surface area (Å²) >= 11 is 0. The van der Waals surface area contributed by atoms with Gasteiger partial charge in [0.1, 0.15) is 17.8 Å². The number of ether oxygens (including phenoxy) is 1. The van der Waals surface area contributed by atoms with E-state index in [1.807, 2.05) is 13.8 Å². The summed E-state index contributed by atoms with van der Waals surface area (Å²) in [5, 5.41) is 4.32. The van der Waals surface area contributed by atoms with Crippen LogP contribution in [0.25, 0.3) is 0 Å². The largest absolute Gasteiger partial charge is 0.447 e. The van der Waals surface area contributed by atoms with Gasteiger partial charge in [-0.3, -0.25) is 0 Å². The SMILES string of the molecule is CC(C)OC(=O)N1CCC(ON=C2CCCCN2c2ccc(S(C)(=O)=O)cc2F)CC1. The van der Waals surface area contributed by atoms with Crippen molar-refractivity contribution in [2.45, 2.75) is 63.1 Å². The first kappa shape index (κ1) is 23.3. The third kappa shape index (κ3) is 6.09. The lowest BCUT2D eigenvalue weighted by molar-refractivity contribution is 0.00413. The Balaban J connectivity index is 1.64. The van der Waals surface area contributed by atoms with Crippen LogP contribution in [-0.4, -0.2) is 63.3 Å². The molecule has 2 heterocycles. The predicted octanol–water partition coefficient (Wildman–Crippen LogP) is 3.56. The van der Waals surface area contributed by atoms with Crippen molar-refractivity contribution in [3.63, 3.8) is 0 Å². The van der Waals surface area contributed by atoms with Crippen molar-refractivity contribution < 1.29 is 27.2 Å². The minimum Gasteiger partial charge on any atom is -0.447 e. The Morgan fingerprint density at radius 3 is 2.52 bits per heavy atom. The summed E-state index contributed by atoms with van der Waals surface area (Å²) in [4.78, 5) is 21.1. The lowest BCUT2D eigenvalue weighted by Crippen LogP contribution is -2.42. The van der Waals surface area contributed by atoms with Crippen LogP contribution in [0.3, 0.4) is 0 Å². The topological polar surface area (TPSA) is 88.5 Å². The summed E-state index contributed by atoms with van der Waals surface area (Å²) in [6.07, 6.45) is 4.18. The van der Waals surface area contributed by atoms with Gasteiger partial charge < -0.3 is 19.4 Å². The summed E-state index contributed by atoms with van der Waals surface area (Å²) in [6.45, 7) is 5.28. The lowest BCUT2D eigenvalue weighted by Gasteiger charge is -2.32. The Kier molecular flexibility index (Phi) is 7.40. The van der Waals surface area contributed by atoms with Gasteiger partial charge in [-0.05, 0) is 44.9 Å². The van der Waals surface area contributed by atoms with Crippen molar-refractivity contribution in [1.29, 1.82) is 0 Å². The van der Waals surface area contributed by atoms with Gasteiger partial charge >= 0.3 is 6.09 Å². The van der Waals surface area contributed by atoms with E-state index in [-0.39, 0.29) is 23.2 Å². The van der Waals surface area contributed by atoms with Gasteiger partial charge in [-0.15, -0.1) is 0 Å². The van der Waals surface area contributed by atoms with Crippen LogP contribution in [0.4, 0.5) is 14.9 Å². The molecule has 0 spiro atoms. The zero-order valence-corrected chi connectivity index (χ0v) is 19.0. The van der Waals surface area contributed by atoms with Gasteiger partial charge in [-0.25, -0.2) is 17.6 Å². The van der Waals surface area contributed by atoms with Gasteiger partial charge in [0.2, 0.25) is 0 Å². The van der Waals surface area contributed by atoms with Gasteiger partial charge in [0.15, 0.2) is 9.84 Å². The molecule has 0 unspecified atom stereocenters. The number of anilines is 1. The molecule has 8 nitrogen and oxygen atoms in total. The Morgan fingerprint density at radius 1 is 1.19 bits per heavy atom. The van der Waals surface area contributed by atoms with Crippen LogP contribution in [-0.2, 0) is 19.4 Å². The number of likely N-dealkylation sites (tertiary alicyclic amines) is 1. The highest BCUT2D eigenvalue weighted by atomic mass is 32.2. The minimum atomic E-state index is -3.48. The molecule has 1 aromatic carbocycles. The summed E-state index contributed by atoms with van der Waals surface area (Å²) < 4.78 is 43.3.